The van der Waals surface area contributed by atoms with E-state index >= 15 is 0 Å². The van der Waals surface area contributed by atoms with E-state index < -0.39 is 0 Å². The summed E-state index contributed by atoms with van der Waals surface area (Å²) in [5.74, 6) is -0.321. The molecule has 0 radical (unpaired) electrons. The molecule has 0 atom stereocenters. The molecule has 130 valence electrons. The monoisotopic (exact) mass is 346 g/mol. The number of hydrogen-bond donors (Lipinski definition) is 0. The van der Waals surface area contributed by atoms with Crippen molar-refractivity contribution in [3.8, 4) is 10.6 Å². The van der Waals surface area contributed by atoms with Gasteiger partial charge in [0.15, 0.2) is 0 Å². The van der Waals surface area contributed by atoms with Gasteiger partial charge in [0.2, 0.25) is 0 Å². The first kappa shape index (κ1) is 18.6. The molecule has 0 aliphatic heterocycles. The summed E-state index contributed by atoms with van der Waals surface area (Å²) in [6.45, 7) is 2.25. The second kappa shape index (κ2) is 10.2. The van der Waals surface area contributed by atoms with Gasteiger partial charge in [-0.3, -0.25) is 0 Å². The van der Waals surface area contributed by atoms with Gasteiger partial charge in [0.05, 0.1) is 12.7 Å². The van der Waals surface area contributed by atoms with Crippen LogP contribution in [0.25, 0.3) is 10.6 Å². The van der Waals surface area contributed by atoms with Crippen molar-refractivity contribution in [3.63, 3.8) is 0 Å². The van der Waals surface area contributed by atoms with Crippen LogP contribution in [0, 0.1) is 0 Å². The highest BCUT2D eigenvalue weighted by Crippen LogP contribution is 2.25. The van der Waals surface area contributed by atoms with Crippen molar-refractivity contribution in [1.82, 2.24) is 10.2 Å². The molecule has 5 heteroatoms. The summed E-state index contributed by atoms with van der Waals surface area (Å²) in [5.41, 5.74) is 1.54. The summed E-state index contributed by atoms with van der Waals surface area (Å²) >= 11 is 1.64. The minimum Gasteiger partial charge on any atom is -0.465 e. The molecule has 0 aliphatic carbocycles. The van der Waals surface area contributed by atoms with Crippen molar-refractivity contribution in [2.75, 3.05) is 7.11 Å². The highest BCUT2D eigenvalue weighted by Gasteiger charge is 2.09. The van der Waals surface area contributed by atoms with Gasteiger partial charge < -0.3 is 4.74 Å². The lowest BCUT2D eigenvalue weighted by atomic mass is 10.1. The molecule has 0 fully saturated rings. The second-order valence-electron chi connectivity index (χ2n) is 5.94. The quantitative estimate of drug-likeness (QED) is 0.433. The number of benzene rings is 1. The topological polar surface area (TPSA) is 52.1 Å². The Hall–Kier alpha value is -1.75. The molecule has 0 unspecified atom stereocenters. The van der Waals surface area contributed by atoms with E-state index in [0.717, 1.165) is 22.0 Å². The fraction of sp³-hybridized carbons (Fsp3) is 0.526. The third-order valence-corrected chi connectivity index (χ3v) is 5.05. The van der Waals surface area contributed by atoms with Crippen LogP contribution in [0.2, 0.25) is 0 Å². The lowest BCUT2D eigenvalue weighted by Gasteiger charge is -2.00. The van der Waals surface area contributed by atoms with Gasteiger partial charge in [-0.05, 0) is 18.6 Å². The summed E-state index contributed by atoms with van der Waals surface area (Å²) in [6, 6.07) is 7.31. The zero-order chi connectivity index (χ0) is 17.2. The van der Waals surface area contributed by atoms with Gasteiger partial charge in [0.1, 0.15) is 10.0 Å². The molecule has 1 aromatic heterocycles. The number of aromatic nitrogens is 2. The van der Waals surface area contributed by atoms with Gasteiger partial charge in [-0.1, -0.05) is 68.9 Å². The molecule has 1 aromatic carbocycles. The molecule has 0 bridgehead atoms. The molecule has 24 heavy (non-hydrogen) atoms. The van der Waals surface area contributed by atoms with Crippen LogP contribution < -0.4 is 0 Å². The predicted molar refractivity (Wildman–Crippen MR) is 98.4 cm³/mol. The summed E-state index contributed by atoms with van der Waals surface area (Å²) in [4.78, 5) is 11.4. The van der Waals surface area contributed by atoms with Crippen LogP contribution in [0.15, 0.2) is 24.3 Å². The van der Waals surface area contributed by atoms with Crippen LogP contribution in [-0.4, -0.2) is 23.3 Å². The molecule has 2 aromatic rings. The van der Waals surface area contributed by atoms with Crippen molar-refractivity contribution in [2.45, 2.75) is 58.3 Å². The van der Waals surface area contributed by atoms with E-state index in [1.54, 1.807) is 23.5 Å². The lowest BCUT2D eigenvalue weighted by molar-refractivity contribution is 0.0601. The second-order valence-corrected chi connectivity index (χ2v) is 7.00. The Kier molecular flexibility index (Phi) is 7.89. The number of aryl methyl sites for hydroxylation is 1. The summed E-state index contributed by atoms with van der Waals surface area (Å²) in [6.07, 6.45) is 10.1. The van der Waals surface area contributed by atoms with Crippen LogP contribution in [0.5, 0.6) is 0 Å². The van der Waals surface area contributed by atoms with E-state index in [4.69, 9.17) is 4.74 Å². The van der Waals surface area contributed by atoms with E-state index in [0.29, 0.717) is 5.56 Å². The zero-order valence-electron chi connectivity index (χ0n) is 14.6. The Morgan fingerprint density at radius 3 is 2.33 bits per heavy atom. The van der Waals surface area contributed by atoms with E-state index in [-0.39, 0.29) is 5.97 Å². The van der Waals surface area contributed by atoms with Crippen LogP contribution in [0.1, 0.15) is 67.2 Å². The Balaban J connectivity index is 1.79. The molecule has 0 spiro atoms. The number of carbonyl (C=O) groups is 1. The van der Waals surface area contributed by atoms with Crippen LogP contribution in [-0.2, 0) is 11.2 Å². The maximum Gasteiger partial charge on any atom is 0.337 e. The maximum atomic E-state index is 11.4. The van der Waals surface area contributed by atoms with E-state index in [2.05, 4.69) is 17.1 Å². The molecule has 0 saturated carbocycles. The first-order chi connectivity index (χ1) is 11.7. The fourth-order valence-corrected chi connectivity index (χ4v) is 3.46. The molecule has 2 rings (SSSR count). The van der Waals surface area contributed by atoms with Gasteiger partial charge in [-0.2, -0.15) is 0 Å². The van der Waals surface area contributed by atoms with Gasteiger partial charge in [-0.25, -0.2) is 4.79 Å². The van der Waals surface area contributed by atoms with Gasteiger partial charge in [-0.15, -0.1) is 10.2 Å². The smallest absolute Gasteiger partial charge is 0.337 e. The Labute approximate surface area is 148 Å². The summed E-state index contributed by atoms with van der Waals surface area (Å²) in [5, 5.41) is 10.6. The first-order valence-electron chi connectivity index (χ1n) is 8.75. The fourth-order valence-electron chi connectivity index (χ4n) is 2.57. The molecule has 0 amide bonds. The summed E-state index contributed by atoms with van der Waals surface area (Å²) in [7, 11) is 1.39. The van der Waals surface area contributed by atoms with Crippen molar-refractivity contribution < 1.29 is 9.53 Å². The summed E-state index contributed by atoms with van der Waals surface area (Å²) < 4.78 is 4.71. The normalized spacial score (nSPS) is 10.8. The SMILES string of the molecule is CCCCCCCCCc1nnc(-c2ccc(C(=O)OC)cc2)s1. The van der Waals surface area contributed by atoms with Crippen LogP contribution in [0.4, 0.5) is 0 Å². The average Bonchev–Trinajstić information content (AvgIpc) is 3.09. The number of rotatable bonds is 10. The zero-order valence-corrected chi connectivity index (χ0v) is 15.4. The molecule has 0 aliphatic rings. The first-order valence-corrected chi connectivity index (χ1v) is 9.57. The van der Waals surface area contributed by atoms with Gasteiger partial charge in [0, 0.05) is 12.0 Å². The molecular weight excluding hydrogens is 320 g/mol. The predicted octanol–water partition coefficient (Wildman–Crippen LogP) is 5.28. The van der Waals surface area contributed by atoms with E-state index in [9.17, 15) is 4.79 Å². The number of methoxy groups -OCH3 is 1. The number of hydrogen-bond acceptors (Lipinski definition) is 5. The Bertz CT molecular complexity index is 623. The number of carbonyl (C=O) groups excluding carboxylic acids is 1. The van der Waals surface area contributed by atoms with E-state index in [1.165, 1.54) is 52.1 Å². The standard InChI is InChI=1S/C19H26N2O2S/c1-3-4-5-6-7-8-9-10-17-20-21-18(24-17)15-11-13-16(14-12-15)19(22)23-2/h11-14H,3-10H2,1-2H3. The van der Waals surface area contributed by atoms with Gasteiger partial charge in [0.25, 0.3) is 0 Å². The third-order valence-electron chi connectivity index (χ3n) is 4.01. The molecule has 4 nitrogen and oxygen atoms in total. The Morgan fingerprint density at radius 1 is 1.00 bits per heavy atom. The van der Waals surface area contributed by atoms with Crippen LogP contribution >= 0.6 is 11.3 Å². The number of ether oxygens (including phenoxy) is 1. The molecule has 0 saturated heterocycles. The largest absolute Gasteiger partial charge is 0.465 e. The average molecular weight is 346 g/mol. The molecular formula is C19H26N2O2S. The molecule has 0 N–H and O–H groups in total. The third kappa shape index (κ3) is 5.71. The van der Waals surface area contributed by atoms with Crippen molar-refractivity contribution >= 4 is 17.3 Å². The van der Waals surface area contributed by atoms with Crippen LogP contribution in [0.3, 0.4) is 0 Å². The van der Waals surface area contributed by atoms with Crippen molar-refractivity contribution in [1.29, 1.82) is 0 Å². The number of nitrogens with zero attached hydrogens (tertiary/aromatic N) is 2. The molecule has 1 heterocycles. The highest BCUT2D eigenvalue weighted by atomic mass is 32.1. The van der Waals surface area contributed by atoms with E-state index in [1.807, 2.05) is 12.1 Å². The minimum atomic E-state index is -0.321. The number of esters is 1. The van der Waals surface area contributed by atoms with Crippen molar-refractivity contribution in [3.05, 3.63) is 34.8 Å². The lowest BCUT2D eigenvalue weighted by Crippen LogP contribution is -2.00. The maximum absolute atomic E-state index is 11.4. The Morgan fingerprint density at radius 2 is 1.67 bits per heavy atom. The minimum absolute atomic E-state index is 0.321. The van der Waals surface area contributed by atoms with Crippen molar-refractivity contribution in [2.24, 2.45) is 0 Å². The number of unbranched alkanes of at least 4 members (excludes halogenated alkanes) is 6. The van der Waals surface area contributed by atoms with Gasteiger partial charge >= 0.3 is 5.97 Å². The highest BCUT2D eigenvalue weighted by molar-refractivity contribution is 7.14.